The molecule has 0 spiro atoms. The maximum absolute atomic E-state index is 12.8. The summed E-state index contributed by atoms with van der Waals surface area (Å²) in [7, 11) is -3.15. The highest BCUT2D eigenvalue weighted by molar-refractivity contribution is 7.91. The van der Waals surface area contributed by atoms with Crippen LogP contribution in [0.25, 0.3) is 0 Å². The third kappa shape index (κ3) is 5.13. The van der Waals surface area contributed by atoms with Gasteiger partial charge in [-0.2, -0.15) is 13.2 Å². The fraction of sp³-hybridized carbons (Fsp3) is 0.538. The van der Waals surface area contributed by atoms with Gasteiger partial charge in [-0.15, -0.1) is 0 Å². The molecule has 1 aromatic carbocycles. The minimum absolute atomic E-state index is 0.0178. The Bertz CT molecular complexity index is 541. The summed E-state index contributed by atoms with van der Waals surface area (Å²) in [5, 5.41) is 2.82. The Labute approximate surface area is 117 Å². The van der Waals surface area contributed by atoms with Crippen LogP contribution in [0.4, 0.5) is 13.2 Å². The molecule has 0 amide bonds. The fourth-order valence-electron chi connectivity index (χ4n) is 1.79. The lowest BCUT2D eigenvalue weighted by Crippen LogP contribution is -2.33. The summed E-state index contributed by atoms with van der Waals surface area (Å²) in [6.45, 7) is 3.17. The second-order valence-electron chi connectivity index (χ2n) is 4.64. The highest BCUT2D eigenvalue weighted by atomic mass is 32.2. The first kappa shape index (κ1) is 17.0. The van der Waals surface area contributed by atoms with E-state index >= 15 is 0 Å². The molecule has 0 aromatic heterocycles. The van der Waals surface area contributed by atoms with Gasteiger partial charge in [0.2, 0.25) is 0 Å². The predicted molar refractivity (Wildman–Crippen MR) is 72.1 cm³/mol. The van der Waals surface area contributed by atoms with Crippen LogP contribution in [0.3, 0.4) is 0 Å². The predicted octanol–water partition coefficient (Wildman–Crippen LogP) is 2.62. The molecule has 1 atom stereocenters. The molecular weight excluding hydrogens is 291 g/mol. The van der Waals surface area contributed by atoms with E-state index in [1.807, 2.05) is 0 Å². The largest absolute Gasteiger partial charge is 0.416 e. The van der Waals surface area contributed by atoms with Crippen LogP contribution in [0.5, 0.6) is 0 Å². The first-order valence-electron chi connectivity index (χ1n) is 6.24. The molecular formula is C13H18F3NO2S. The lowest BCUT2D eigenvalue weighted by Gasteiger charge is -2.16. The summed E-state index contributed by atoms with van der Waals surface area (Å²) in [4.78, 5) is 0. The lowest BCUT2D eigenvalue weighted by molar-refractivity contribution is -0.138. The van der Waals surface area contributed by atoms with Crippen molar-refractivity contribution < 1.29 is 21.6 Å². The zero-order chi connectivity index (χ0) is 15.4. The molecule has 1 rings (SSSR count). The number of hydrogen-bond acceptors (Lipinski definition) is 3. The molecule has 114 valence electrons. The van der Waals surface area contributed by atoms with Gasteiger partial charge < -0.3 is 5.32 Å². The molecule has 0 aliphatic carbocycles. The van der Waals surface area contributed by atoms with E-state index in [2.05, 4.69) is 5.32 Å². The van der Waals surface area contributed by atoms with Crippen molar-refractivity contribution in [3.8, 4) is 0 Å². The van der Waals surface area contributed by atoms with Gasteiger partial charge in [0.25, 0.3) is 0 Å². The van der Waals surface area contributed by atoms with Gasteiger partial charge in [0.05, 0.1) is 11.3 Å². The number of nitrogens with one attached hydrogen (secondary N) is 1. The lowest BCUT2D eigenvalue weighted by atomic mass is 10.1. The summed E-state index contributed by atoms with van der Waals surface area (Å²) in [6, 6.07) is 4.86. The molecule has 0 bridgehead atoms. The zero-order valence-electron chi connectivity index (χ0n) is 11.4. The molecule has 0 heterocycles. The Kier molecular flexibility index (Phi) is 5.59. The Morgan fingerprint density at radius 1 is 1.25 bits per heavy atom. The number of rotatable bonds is 6. The van der Waals surface area contributed by atoms with Crippen LogP contribution in [-0.4, -0.2) is 26.0 Å². The number of halogens is 3. The van der Waals surface area contributed by atoms with Crippen LogP contribution < -0.4 is 5.32 Å². The third-order valence-electron chi connectivity index (χ3n) is 2.91. The van der Waals surface area contributed by atoms with Crippen LogP contribution in [0, 0.1) is 0 Å². The number of benzene rings is 1. The monoisotopic (exact) mass is 309 g/mol. The molecule has 3 nitrogen and oxygen atoms in total. The van der Waals surface area contributed by atoms with Gasteiger partial charge in [-0.3, -0.25) is 0 Å². The second-order valence-corrected chi connectivity index (χ2v) is 7.03. The average molecular weight is 309 g/mol. The molecule has 1 unspecified atom stereocenters. The van der Waals surface area contributed by atoms with Gasteiger partial charge in [0, 0.05) is 18.3 Å². The zero-order valence-corrected chi connectivity index (χ0v) is 12.2. The molecule has 1 aromatic rings. The molecule has 0 aliphatic rings. The van der Waals surface area contributed by atoms with Crippen LogP contribution in [0.2, 0.25) is 0 Å². The highest BCUT2D eigenvalue weighted by Gasteiger charge is 2.32. The maximum Gasteiger partial charge on any atom is 0.416 e. The van der Waals surface area contributed by atoms with Gasteiger partial charge in [-0.1, -0.05) is 25.1 Å². The molecule has 0 saturated heterocycles. The Morgan fingerprint density at radius 2 is 1.85 bits per heavy atom. The van der Waals surface area contributed by atoms with E-state index in [-0.39, 0.29) is 23.6 Å². The van der Waals surface area contributed by atoms with Crippen molar-refractivity contribution in [2.24, 2.45) is 0 Å². The molecule has 0 radical (unpaired) electrons. The van der Waals surface area contributed by atoms with E-state index in [0.717, 1.165) is 6.07 Å². The number of hydrogen-bond donors (Lipinski definition) is 1. The van der Waals surface area contributed by atoms with Gasteiger partial charge in [0.1, 0.15) is 0 Å². The highest BCUT2D eigenvalue weighted by Crippen LogP contribution is 2.31. The first-order chi connectivity index (χ1) is 9.15. The van der Waals surface area contributed by atoms with Crippen LogP contribution in [-0.2, 0) is 22.6 Å². The van der Waals surface area contributed by atoms with E-state index < -0.39 is 27.6 Å². The summed E-state index contributed by atoms with van der Waals surface area (Å²) >= 11 is 0. The number of sulfone groups is 1. The molecule has 0 aliphatic heterocycles. The van der Waals surface area contributed by atoms with Crippen molar-refractivity contribution in [1.29, 1.82) is 0 Å². The fourth-order valence-corrected chi connectivity index (χ4v) is 2.91. The Balaban J connectivity index is 2.72. The molecule has 20 heavy (non-hydrogen) atoms. The summed E-state index contributed by atoms with van der Waals surface area (Å²) in [6.07, 6.45) is -4.41. The first-order valence-corrected chi connectivity index (χ1v) is 8.06. The minimum Gasteiger partial charge on any atom is -0.309 e. The van der Waals surface area contributed by atoms with Gasteiger partial charge >= 0.3 is 6.18 Å². The van der Waals surface area contributed by atoms with Crippen LogP contribution in [0.1, 0.15) is 25.0 Å². The minimum atomic E-state index is -4.41. The van der Waals surface area contributed by atoms with Crippen molar-refractivity contribution in [3.05, 3.63) is 35.4 Å². The Hall–Kier alpha value is -1.08. The van der Waals surface area contributed by atoms with Crippen molar-refractivity contribution in [2.75, 3.05) is 11.5 Å². The van der Waals surface area contributed by atoms with Crippen LogP contribution >= 0.6 is 0 Å². The van der Waals surface area contributed by atoms with Crippen LogP contribution in [0.15, 0.2) is 24.3 Å². The van der Waals surface area contributed by atoms with E-state index in [1.165, 1.54) is 18.2 Å². The summed E-state index contributed by atoms with van der Waals surface area (Å²) < 4.78 is 61.2. The van der Waals surface area contributed by atoms with Gasteiger partial charge in [0.15, 0.2) is 9.84 Å². The number of alkyl halides is 3. The van der Waals surface area contributed by atoms with Crippen molar-refractivity contribution >= 4 is 9.84 Å². The summed E-state index contributed by atoms with van der Waals surface area (Å²) in [5.41, 5.74) is -0.584. The Morgan fingerprint density at radius 3 is 2.40 bits per heavy atom. The SMILES string of the molecule is CCS(=O)(=O)CC(C)NCc1ccccc1C(F)(F)F. The normalized spacial score (nSPS) is 14.2. The smallest absolute Gasteiger partial charge is 0.309 e. The van der Waals surface area contributed by atoms with Crippen molar-refractivity contribution in [2.45, 2.75) is 32.6 Å². The quantitative estimate of drug-likeness (QED) is 0.878. The van der Waals surface area contributed by atoms with Gasteiger partial charge in [-0.05, 0) is 18.6 Å². The van der Waals surface area contributed by atoms with Crippen molar-refractivity contribution in [3.63, 3.8) is 0 Å². The standard InChI is InChI=1S/C13H18F3NO2S/c1-3-20(18,19)9-10(2)17-8-11-6-4-5-7-12(11)13(14,15)16/h4-7,10,17H,3,8-9H2,1-2H3. The van der Waals surface area contributed by atoms with Crippen molar-refractivity contribution in [1.82, 2.24) is 5.32 Å². The second kappa shape index (κ2) is 6.58. The van der Waals surface area contributed by atoms with E-state index in [4.69, 9.17) is 0 Å². The topological polar surface area (TPSA) is 46.2 Å². The van der Waals surface area contributed by atoms with E-state index in [9.17, 15) is 21.6 Å². The van der Waals surface area contributed by atoms with E-state index in [0.29, 0.717) is 0 Å². The average Bonchev–Trinajstić information content (AvgIpc) is 2.35. The summed E-state index contributed by atoms with van der Waals surface area (Å²) in [5.74, 6) is -0.0597. The maximum atomic E-state index is 12.8. The van der Waals surface area contributed by atoms with E-state index in [1.54, 1.807) is 13.8 Å². The molecule has 0 saturated carbocycles. The molecule has 7 heteroatoms. The molecule has 1 N–H and O–H groups in total. The third-order valence-corrected chi connectivity index (χ3v) is 4.80. The molecule has 0 fully saturated rings. The van der Waals surface area contributed by atoms with Gasteiger partial charge in [-0.25, -0.2) is 8.42 Å².